The summed E-state index contributed by atoms with van der Waals surface area (Å²) in [5, 5.41) is 13.6. The van der Waals surface area contributed by atoms with Crippen LogP contribution in [-0.4, -0.2) is 24.5 Å². The molecule has 7 heteroatoms. The molecule has 1 fully saturated rings. The molecule has 1 aromatic rings. The quantitative estimate of drug-likeness (QED) is 0.616. The fourth-order valence-corrected chi connectivity index (χ4v) is 2.59. The predicted octanol–water partition coefficient (Wildman–Crippen LogP) is 2.06. The van der Waals surface area contributed by atoms with Crippen molar-refractivity contribution in [2.24, 2.45) is 11.1 Å². The lowest BCUT2D eigenvalue weighted by Crippen LogP contribution is -2.40. The first-order chi connectivity index (χ1) is 9.99. The Kier molecular flexibility index (Phi) is 4.42. The molecule has 1 aliphatic carbocycles. The fraction of sp³-hybridized carbons (Fsp3) is 0.500. The number of amides is 1. The predicted molar refractivity (Wildman–Crippen MR) is 78.2 cm³/mol. The maximum atomic E-state index is 12.0. The zero-order valence-electron chi connectivity index (χ0n) is 11.9. The zero-order chi connectivity index (χ0) is 15.5. The Hall–Kier alpha value is -2.15. The highest BCUT2D eigenvalue weighted by Crippen LogP contribution is 2.43. The lowest BCUT2D eigenvalue weighted by molar-refractivity contribution is -0.385. The van der Waals surface area contributed by atoms with Crippen LogP contribution in [0, 0.1) is 15.5 Å². The van der Waals surface area contributed by atoms with Gasteiger partial charge in [0, 0.05) is 18.2 Å². The molecule has 0 aromatic heterocycles. The van der Waals surface area contributed by atoms with Gasteiger partial charge in [-0.1, -0.05) is 6.42 Å². The van der Waals surface area contributed by atoms with Crippen LogP contribution in [0.2, 0.25) is 0 Å². The average molecular weight is 293 g/mol. The van der Waals surface area contributed by atoms with Gasteiger partial charge in [0.2, 0.25) is 5.91 Å². The monoisotopic (exact) mass is 293 g/mol. The number of hydrogen-bond donors (Lipinski definition) is 2. The molecule has 0 aliphatic heterocycles. The first-order valence-corrected chi connectivity index (χ1v) is 6.82. The van der Waals surface area contributed by atoms with Gasteiger partial charge in [0.15, 0.2) is 5.75 Å². The molecule has 0 heterocycles. The van der Waals surface area contributed by atoms with Crippen molar-refractivity contribution in [3.8, 4) is 5.75 Å². The number of nitrogens with one attached hydrogen (secondary N) is 1. The molecule has 2 rings (SSSR count). The maximum absolute atomic E-state index is 12.0. The van der Waals surface area contributed by atoms with E-state index in [1.807, 2.05) is 0 Å². The van der Waals surface area contributed by atoms with E-state index in [9.17, 15) is 14.9 Å². The van der Waals surface area contributed by atoms with E-state index in [1.165, 1.54) is 19.2 Å². The topological polar surface area (TPSA) is 107 Å². The number of hydrogen-bond acceptors (Lipinski definition) is 5. The van der Waals surface area contributed by atoms with Crippen molar-refractivity contribution in [1.82, 2.24) is 0 Å². The standard InChI is InChI=1S/C14H19N3O4/c1-21-12-4-3-10(7-11(12)17(19)20)16-13(18)8-14(9-15)5-2-6-14/h3-4,7H,2,5-6,8-9,15H2,1H3,(H,16,18). The Labute approximate surface area is 122 Å². The fourth-order valence-electron chi connectivity index (χ4n) is 2.59. The normalized spacial score (nSPS) is 15.9. The summed E-state index contributed by atoms with van der Waals surface area (Å²) < 4.78 is 4.92. The lowest BCUT2D eigenvalue weighted by atomic mass is 9.66. The molecule has 0 unspecified atom stereocenters. The number of rotatable bonds is 6. The van der Waals surface area contributed by atoms with Gasteiger partial charge < -0.3 is 15.8 Å². The highest BCUT2D eigenvalue weighted by Gasteiger charge is 2.37. The number of carbonyl (C=O) groups excluding carboxylic acids is 1. The number of nitro benzene ring substituents is 1. The molecule has 0 atom stereocenters. The number of nitrogens with zero attached hydrogens (tertiary/aromatic N) is 1. The van der Waals surface area contributed by atoms with Crippen molar-refractivity contribution >= 4 is 17.3 Å². The first-order valence-electron chi connectivity index (χ1n) is 6.82. The van der Waals surface area contributed by atoms with E-state index in [0.717, 1.165) is 19.3 Å². The number of benzene rings is 1. The summed E-state index contributed by atoms with van der Waals surface area (Å²) in [7, 11) is 1.36. The third-order valence-electron chi connectivity index (χ3n) is 4.04. The van der Waals surface area contributed by atoms with E-state index in [-0.39, 0.29) is 22.8 Å². The van der Waals surface area contributed by atoms with Crippen LogP contribution in [0.25, 0.3) is 0 Å². The third-order valence-corrected chi connectivity index (χ3v) is 4.04. The minimum absolute atomic E-state index is 0.0948. The summed E-state index contributed by atoms with van der Waals surface area (Å²) in [4.78, 5) is 22.5. The number of ether oxygens (including phenoxy) is 1. The van der Waals surface area contributed by atoms with Gasteiger partial charge in [0.1, 0.15) is 0 Å². The van der Waals surface area contributed by atoms with E-state index in [0.29, 0.717) is 18.7 Å². The number of anilines is 1. The maximum Gasteiger partial charge on any atom is 0.312 e. The van der Waals surface area contributed by atoms with Crippen LogP contribution in [0.5, 0.6) is 5.75 Å². The minimum Gasteiger partial charge on any atom is -0.490 e. The highest BCUT2D eigenvalue weighted by atomic mass is 16.6. The van der Waals surface area contributed by atoms with Gasteiger partial charge >= 0.3 is 5.69 Å². The summed E-state index contributed by atoms with van der Waals surface area (Å²) in [5.74, 6) is -0.00460. The van der Waals surface area contributed by atoms with E-state index in [1.54, 1.807) is 6.07 Å². The Balaban J connectivity index is 2.07. The molecule has 21 heavy (non-hydrogen) atoms. The van der Waals surface area contributed by atoms with Crippen molar-refractivity contribution in [3.05, 3.63) is 28.3 Å². The molecular formula is C14H19N3O4. The highest BCUT2D eigenvalue weighted by molar-refractivity contribution is 5.91. The summed E-state index contributed by atoms with van der Waals surface area (Å²) in [6.45, 7) is 0.489. The summed E-state index contributed by atoms with van der Waals surface area (Å²) in [6, 6.07) is 4.35. The van der Waals surface area contributed by atoms with Crippen molar-refractivity contribution in [3.63, 3.8) is 0 Å². The number of methoxy groups -OCH3 is 1. The van der Waals surface area contributed by atoms with Crippen LogP contribution in [0.15, 0.2) is 18.2 Å². The van der Waals surface area contributed by atoms with Crippen LogP contribution in [0.4, 0.5) is 11.4 Å². The smallest absolute Gasteiger partial charge is 0.312 e. The van der Waals surface area contributed by atoms with Gasteiger partial charge in [-0.3, -0.25) is 14.9 Å². The molecule has 0 bridgehead atoms. The molecule has 7 nitrogen and oxygen atoms in total. The largest absolute Gasteiger partial charge is 0.490 e. The van der Waals surface area contributed by atoms with Crippen molar-refractivity contribution in [2.45, 2.75) is 25.7 Å². The summed E-state index contributed by atoms with van der Waals surface area (Å²) in [5.41, 5.74) is 5.85. The van der Waals surface area contributed by atoms with Crippen molar-refractivity contribution in [1.29, 1.82) is 0 Å². The van der Waals surface area contributed by atoms with E-state index >= 15 is 0 Å². The molecular weight excluding hydrogens is 274 g/mol. The van der Waals surface area contributed by atoms with Crippen LogP contribution in [0.1, 0.15) is 25.7 Å². The molecule has 1 aromatic carbocycles. The molecule has 114 valence electrons. The van der Waals surface area contributed by atoms with Gasteiger partial charge in [0.25, 0.3) is 0 Å². The molecule has 0 saturated heterocycles. The third kappa shape index (κ3) is 3.30. The first kappa shape index (κ1) is 15.2. The molecule has 0 spiro atoms. The van der Waals surface area contributed by atoms with Crippen LogP contribution in [0.3, 0.4) is 0 Å². The lowest BCUT2D eigenvalue weighted by Gasteiger charge is -2.40. The van der Waals surface area contributed by atoms with Gasteiger partial charge in [0.05, 0.1) is 12.0 Å². The summed E-state index contributed by atoms with van der Waals surface area (Å²) >= 11 is 0. The second-order valence-electron chi connectivity index (χ2n) is 5.43. The van der Waals surface area contributed by atoms with E-state index in [2.05, 4.69) is 5.32 Å². The van der Waals surface area contributed by atoms with E-state index < -0.39 is 4.92 Å². The number of carbonyl (C=O) groups is 1. The average Bonchev–Trinajstić information content (AvgIpc) is 2.42. The molecule has 0 radical (unpaired) electrons. The van der Waals surface area contributed by atoms with Crippen LogP contribution in [-0.2, 0) is 4.79 Å². The minimum atomic E-state index is -0.540. The Morgan fingerprint density at radius 2 is 2.24 bits per heavy atom. The van der Waals surface area contributed by atoms with Gasteiger partial charge in [-0.15, -0.1) is 0 Å². The van der Waals surface area contributed by atoms with Crippen LogP contribution >= 0.6 is 0 Å². The van der Waals surface area contributed by atoms with Gasteiger partial charge in [-0.05, 0) is 36.9 Å². The molecule has 1 amide bonds. The van der Waals surface area contributed by atoms with E-state index in [4.69, 9.17) is 10.5 Å². The molecule has 3 N–H and O–H groups in total. The SMILES string of the molecule is COc1ccc(NC(=O)CC2(CN)CCC2)cc1[N+](=O)[O-]. The Morgan fingerprint density at radius 3 is 2.71 bits per heavy atom. The van der Waals surface area contributed by atoms with Gasteiger partial charge in [-0.25, -0.2) is 0 Å². The van der Waals surface area contributed by atoms with Crippen molar-refractivity contribution < 1.29 is 14.5 Å². The number of nitrogens with two attached hydrogens (primary N) is 1. The second-order valence-corrected chi connectivity index (χ2v) is 5.43. The molecule has 1 aliphatic rings. The Morgan fingerprint density at radius 1 is 1.52 bits per heavy atom. The summed E-state index contributed by atoms with van der Waals surface area (Å²) in [6.07, 6.45) is 3.36. The second kappa shape index (κ2) is 6.09. The Bertz CT molecular complexity index is 550. The van der Waals surface area contributed by atoms with Gasteiger partial charge in [-0.2, -0.15) is 0 Å². The number of nitro groups is 1. The molecule has 1 saturated carbocycles. The van der Waals surface area contributed by atoms with Crippen molar-refractivity contribution in [2.75, 3.05) is 19.0 Å². The zero-order valence-corrected chi connectivity index (χ0v) is 11.9. The van der Waals surface area contributed by atoms with Crippen LogP contribution < -0.4 is 15.8 Å².